The minimum atomic E-state index is -4.70. The molecule has 244 valence electrons. The van der Waals surface area contributed by atoms with Crippen LogP contribution in [0.15, 0.2) is 76.6 Å². The van der Waals surface area contributed by atoms with Crippen LogP contribution in [0.25, 0.3) is 0 Å². The maximum absolute atomic E-state index is 14.1. The summed E-state index contributed by atoms with van der Waals surface area (Å²) in [5.41, 5.74) is -0.236. The fraction of sp³-hybridized carbons (Fsp3) is 0.250. The number of carbonyl (C=O) groups excluding carboxylic acids is 3. The van der Waals surface area contributed by atoms with E-state index in [1.165, 1.54) is 32.0 Å². The first-order valence-corrected chi connectivity index (χ1v) is 15.8. The van der Waals surface area contributed by atoms with Crippen LogP contribution in [-0.4, -0.2) is 48.9 Å². The summed E-state index contributed by atoms with van der Waals surface area (Å²) in [6, 6.07) is 15.6. The zero-order valence-electron chi connectivity index (χ0n) is 25.0. The number of carbonyl (C=O) groups is 3. The number of alkyl halides is 3. The molecule has 3 aromatic carbocycles. The molecule has 1 saturated heterocycles. The Kier molecular flexibility index (Phi) is 8.53. The Hall–Kier alpha value is -4.76. The molecule has 3 amide bonds. The number of nitrogens with one attached hydrogen (secondary N) is 1. The smallest absolute Gasteiger partial charge is 0.416 e. The zero-order valence-corrected chi connectivity index (χ0v) is 26.6. The SMILES string of the molecule is COc1ccc(NC(=O)Cn2c3c(sc2=O)C(c2ccc(OC)c(OC)c2)C2C(=O)N(c4cccc(C(F)(F)F)c4)C(=O)C2S3)cc1. The predicted octanol–water partition coefficient (Wildman–Crippen LogP) is 5.39. The molecular formula is C32H26F3N3O7S2. The molecule has 3 atom stereocenters. The number of anilines is 2. The molecule has 0 radical (unpaired) electrons. The van der Waals surface area contributed by atoms with E-state index in [0.29, 0.717) is 38.4 Å². The van der Waals surface area contributed by atoms with Gasteiger partial charge in [-0.05, 0) is 60.2 Å². The van der Waals surface area contributed by atoms with Gasteiger partial charge in [0.1, 0.15) is 17.5 Å². The third-order valence-corrected chi connectivity index (χ3v) is 10.5. The van der Waals surface area contributed by atoms with E-state index in [0.717, 1.165) is 46.2 Å². The number of thioether (sulfide) groups is 1. The second-order valence-electron chi connectivity index (χ2n) is 10.6. The van der Waals surface area contributed by atoms with Crippen molar-refractivity contribution in [3.05, 3.63) is 92.4 Å². The highest BCUT2D eigenvalue weighted by molar-refractivity contribution is 8.00. The Bertz CT molecular complexity index is 1940. The number of imide groups is 1. The third kappa shape index (κ3) is 5.84. The van der Waals surface area contributed by atoms with E-state index in [1.54, 1.807) is 42.5 Å². The van der Waals surface area contributed by atoms with Gasteiger partial charge in [-0.3, -0.25) is 23.7 Å². The van der Waals surface area contributed by atoms with Gasteiger partial charge < -0.3 is 19.5 Å². The molecule has 6 rings (SSSR count). The van der Waals surface area contributed by atoms with E-state index in [1.807, 2.05) is 0 Å². The van der Waals surface area contributed by atoms with Crippen molar-refractivity contribution in [2.75, 3.05) is 31.5 Å². The number of benzene rings is 3. The lowest BCUT2D eigenvalue weighted by atomic mass is 9.83. The number of rotatable bonds is 8. The number of fused-ring (bicyclic) bond motifs is 2. The Morgan fingerprint density at radius 2 is 1.62 bits per heavy atom. The van der Waals surface area contributed by atoms with Crippen LogP contribution in [0.1, 0.15) is 21.9 Å². The summed E-state index contributed by atoms with van der Waals surface area (Å²) in [4.78, 5) is 55.3. The first-order valence-electron chi connectivity index (χ1n) is 14.1. The number of aromatic nitrogens is 1. The number of methoxy groups -OCH3 is 3. The Morgan fingerprint density at radius 3 is 2.28 bits per heavy atom. The van der Waals surface area contributed by atoms with Crippen LogP contribution in [0.3, 0.4) is 0 Å². The summed E-state index contributed by atoms with van der Waals surface area (Å²) >= 11 is 1.79. The fourth-order valence-electron chi connectivity index (χ4n) is 5.76. The molecule has 0 saturated carbocycles. The van der Waals surface area contributed by atoms with Gasteiger partial charge in [0, 0.05) is 16.5 Å². The minimum absolute atomic E-state index is 0.212. The van der Waals surface area contributed by atoms with E-state index in [2.05, 4.69) is 5.32 Å². The maximum atomic E-state index is 14.1. The number of ether oxygens (including phenoxy) is 3. The van der Waals surface area contributed by atoms with Crippen molar-refractivity contribution in [1.82, 2.24) is 4.57 Å². The number of hydrogen-bond acceptors (Lipinski definition) is 9. The predicted molar refractivity (Wildman–Crippen MR) is 169 cm³/mol. The van der Waals surface area contributed by atoms with Gasteiger partial charge in [0.05, 0.1) is 43.5 Å². The average molecular weight is 686 g/mol. The van der Waals surface area contributed by atoms with Gasteiger partial charge in [-0.25, -0.2) is 4.90 Å². The van der Waals surface area contributed by atoms with Crippen LogP contribution in [0.5, 0.6) is 17.2 Å². The van der Waals surface area contributed by atoms with Crippen LogP contribution in [0, 0.1) is 5.92 Å². The zero-order chi connectivity index (χ0) is 33.6. The molecule has 47 heavy (non-hydrogen) atoms. The summed E-state index contributed by atoms with van der Waals surface area (Å²) in [5, 5.41) is 1.95. The first kappa shape index (κ1) is 32.2. The quantitative estimate of drug-likeness (QED) is 0.246. The van der Waals surface area contributed by atoms with E-state index in [9.17, 15) is 32.3 Å². The molecule has 1 aromatic heterocycles. The van der Waals surface area contributed by atoms with Crippen LogP contribution >= 0.6 is 23.1 Å². The molecule has 2 aliphatic heterocycles. The van der Waals surface area contributed by atoms with Crippen molar-refractivity contribution in [3.8, 4) is 17.2 Å². The third-order valence-electron chi connectivity index (χ3n) is 7.92. The molecule has 3 unspecified atom stereocenters. The van der Waals surface area contributed by atoms with Gasteiger partial charge >= 0.3 is 11.0 Å². The second kappa shape index (κ2) is 12.4. The van der Waals surface area contributed by atoms with E-state index in [4.69, 9.17) is 14.2 Å². The van der Waals surface area contributed by atoms with Crippen molar-refractivity contribution in [1.29, 1.82) is 0 Å². The Morgan fingerprint density at radius 1 is 0.894 bits per heavy atom. The lowest BCUT2D eigenvalue weighted by molar-refractivity contribution is -0.137. The summed E-state index contributed by atoms with van der Waals surface area (Å²) in [7, 11) is 4.40. The Labute approximate surface area is 274 Å². The van der Waals surface area contributed by atoms with Crippen molar-refractivity contribution in [2.24, 2.45) is 5.92 Å². The van der Waals surface area contributed by atoms with Crippen LogP contribution < -0.4 is 29.3 Å². The van der Waals surface area contributed by atoms with Gasteiger partial charge in [-0.1, -0.05) is 35.2 Å². The van der Waals surface area contributed by atoms with Crippen molar-refractivity contribution < 1.29 is 41.8 Å². The minimum Gasteiger partial charge on any atom is -0.497 e. The second-order valence-corrected chi connectivity index (χ2v) is 12.7. The molecule has 0 aliphatic carbocycles. The lowest BCUT2D eigenvalue weighted by Gasteiger charge is -2.31. The first-order chi connectivity index (χ1) is 22.4. The fourth-order valence-corrected chi connectivity index (χ4v) is 8.53. The van der Waals surface area contributed by atoms with Gasteiger partial charge in [0.25, 0.3) is 0 Å². The van der Waals surface area contributed by atoms with E-state index >= 15 is 0 Å². The maximum Gasteiger partial charge on any atom is 0.416 e. The number of amides is 3. The van der Waals surface area contributed by atoms with Gasteiger partial charge in [-0.15, -0.1) is 0 Å². The highest BCUT2D eigenvalue weighted by atomic mass is 32.2. The van der Waals surface area contributed by atoms with E-state index < -0.39 is 51.4 Å². The van der Waals surface area contributed by atoms with Crippen LogP contribution in [0.4, 0.5) is 24.5 Å². The summed E-state index contributed by atoms with van der Waals surface area (Å²) in [5.74, 6) is -2.57. The normalized spacial score (nSPS) is 18.9. The molecule has 15 heteroatoms. The topological polar surface area (TPSA) is 116 Å². The number of halogens is 3. The van der Waals surface area contributed by atoms with Gasteiger partial charge in [0.2, 0.25) is 17.7 Å². The summed E-state index contributed by atoms with van der Waals surface area (Å²) < 4.78 is 57.9. The molecule has 4 aromatic rings. The highest BCUT2D eigenvalue weighted by Gasteiger charge is 2.57. The molecule has 0 spiro atoms. The van der Waals surface area contributed by atoms with E-state index in [-0.39, 0.29) is 12.2 Å². The molecule has 0 bridgehead atoms. The number of nitrogens with zero attached hydrogens (tertiary/aromatic N) is 2. The molecular weight excluding hydrogens is 659 g/mol. The number of thiazole rings is 1. The van der Waals surface area contributed by atoms with Crippen molar-refractivity contribution in [3.63, 3.8) is 0 Å². The summed E-state index contributed by atoms with van der Waals surface area (Å²) in [6.07, 6.45) is -4.70. The van der Waals surface area contributed by atoms with Crippen molar-refractivity contribution >= 4 is 52.2 Å². The molecule has 1 N–H and O–H groups in total. The molecule has 1 fully saturated rings. The van der Waals surface area contributed by atoms with Crippen molar-refractivity contribution in [2.45, 2.75) is 28.9 Å². The Balaban J connectivity index is 1.42. The molecule has 3 heterocycles. The number of hydrogen-bond donors (Lipinski definition) is 1. The van der Waals surface area contributed by atoms with Crippen LogP contribution in [-0.2, 0) is 27.1 Å². The highest BCUT2D eigenvalue weighted by Crippen LogP contribution is 2.54. The van der Waals surface area contributed by atoms with Crippen LogP contribution in [0.2, 0.25) is 0 Å². The molecule has 10 nitrogen and oxygen atoms in total. The largest absolute Gasteiger partial charge is 0.497 e. The van der Waals surface area contributed by atoms with Gasteiger partial charge in [-0.2, -0.15) is 13.2 Å². The monoisotopic (exact) mass is 685 g/mol. The standard InChI is InChI=1S/C32H26F3N3O7S2/c1-43-20-10-8-18(9-11-20)36-23(39)15-37-30-27(47-31(37)42)24(16-7-12-21(44-2)22(13-16)45-3)25-26(46-30)29(41)38(28(25)40)19-6-4-5-17(14-19)32(33,34)35/h4-14,24-26H,15H2,1-3H3,(H,36,39). The molecule has 2 aliphatic rings. The summed E-state index contributed by atoms with van der Waals surface area (Å²) in [6.45, 7) is -0.390. The van der Waals surface area contributed by atoms with Gasteiger partial charge in [0.15, 0.2) is 11.5 Å². The average Bonchev–Trinajstić information content (AvgIpc) is 3.50. The lowest BCUT2D eigenvalue weighted by Crippen LogP contribution is -2.33.